The van der Waals surface area contributed by atoms with Crippen molar-refractivity contribution in [2.45, 2.75) is 0 Å². The largest absolute Gasteiger partial charge is 0.456 e. The van der Waals surface area contributed by atoms with Gasteiger partial charge in [0, 0.05) is 10.8 Å². The minimum atomic E-state index is -0.394. The number of fused-ring (bicyclic) bond motifs is 5. The number of furan rings is 1. The van der Waals surface area contributed by atoms with Crippen molar-refractivity contribution < 1.29 is 11.3 Å². The molecule has 1 heterocycles. The van der Waals surface area contributed by atoms with E-state index in [1.807, 2.05) is 36.4 Å². The van der Waals surface area contributed by atoms with Crippen molar-refractivity contribution in [3.8, 4) is 44.5 Å². The van der Waals surface area contributed by atoms with Crippen LogP contribution in [0.4, 0.5) is 0 Å². The van der Waals surface area contributed by atoms with Crippen molar-refractivity contribution in [2.24, 2.45) is 0 Å². The van der Waals surface area contributed by atoms with Gasteiger partial charge in [0.15, 0.2) is 0 Å². The molecule has 8 aromatic carbocycles. The Hall–Kier alpha value is -5.92. The Kier molecular flexibility index (Phi) is 4.81. The summed E-state index contributed by atoms with van der Waals surface area (Å²) in [6.07, 6.45) is 0. The summed E-state index contributed by atoms with van der Waals surface area (Å²) in [4.78, 5) is 0. The van der Waals surface area contributed by atoms with E-state index in [1.165, 1.54) is 0 Å². The molecule has 45 heavy (non-hydrogen) atoms. The van der Waals surface area contributed by atoms with Gasteiger partial charge in [0.05, 0.1) is 6.85 Å². The summed E-state index contributed by atoms with van der Waals surface area (Å²) in [5.74, 6) is 0. The summed E-state index contributed by atoms with van der Waals surface area (Å²) in [7, 11) is 0. The van der Waals surface area contributed by atoms with Crippen molar-refractivity contribution in [1.29, 1.82) is 0 Å². The third kappa shape index (κ3) is 4.17. The minimum absolute atomic E-state index is 0.198. The Morgan fingerprint density at radius 3 is 1.64 bits per heavy atom. The lowest BCUT2D eigenvalue weighted by Crippen LogP contribution is -1.91. The molecule has 0 unspecified atom stereocenters. The van der Waals surface area contributed by atoms with Gasteiger partial charge in [0.1, 0.15) is 11.2 Å². The van der Waals surface area contributed by atoms with E-state index in [4.69, 9.17) is 11.3 Å². The molecule has 0 fully saturated rings. The van der Waals surface area contributed by atoms with Crippen LogP contribution in [0.5, 0.6) is 0 Å². The van der Waals surface area contributed by atoms with Gasteiger partial charge in [-0.2, -0.15) is 0 Å². The first-order valence-electron chi connectivity index (χ1n) is 17.5. The smallest absolute Gasteiger partial charge is 0.136 e. The van der Waals surface area contributed by atoms with Crippen LogP contribution < -0.4 is 0 Å². The minimum Gasteiger partial charge on any atom is -0.456 e. The molecule has 0 radical (unpaired) electrons. The lowest BCUT2D eigenvalue weighted by molar-refractivity contribution is 0.669. The molecule has 0 spiro atoms. The Labute approximate surface area is 268 Å². The highest BCUT2D eigenvalue weighted by Gasteiger charge is 2.20. The molecule has 210 valence electrons. The van der Waals surface area contributed by atoms with E-state index < -0.39 is 6.04 Å². The highest BCUT2D eigenvalue weighted by molar-refractivity contribution is 6.25. The number of hydrogen-bond acceptors (Lipinski definition) is 1. The Balaban J connectivity index is 1.29. The van der Waals surface area contributed by atoms with E-state index in [0.717, 1.165) is 76.9 Å². The standard InChI is InChI=1S/C44H28O/c1-3-12-29(13-4-1)31-22-24-32(25-23-31)42-34-16-7-9-18-36(34)43(37-19-10-8-17-35(37)42)38-20-11-21-41-44(38)39-28-33(26-27-40(39)45-41)30-14-5-2-6-15-30/h1-28H/i1D,3D,4D,12D,13D. The molecule has 9 aromatic rings. The predicted molar refractivity (Wildman–Crippen MR) is 190 cm³/mol. The Morgan fingerprint density at radius 2 is 0.956 bits per heavy atom. The van der Waals surface area contributed by atoms with Crippen molar-refractivity contribution in [3.63, 3.8) is 0 Å². The second-order valence-electron chi connectivity index (χ2n) is 11.3. The van der Waals surface area contributed by atoms with Gasteiger partial charge in [-0.1, -0.05) is 152 Å². The van der Waals surface area contributed by atoms with E-state index in [9.17, 15) is 0 Å². The van der Waals surface area contributed by atoms with Gasteiger partial charge in [0.2, 0.25) is 0 Å². The van der Waals surface area contributed by atoms with Crippen molar-refractivity contribution in [2.75, 3.05) is 0 Å². The van der Waals surface area contributed by atoms with Crippen LogP contribution in [0, 0.1) is 0 Å². The van der Waals surface area contributed by atoms with E-state index in [1.54, 1.807) is 0 Å². The van der Waals surface area contributed by atoms with E-state index >= 15 is 0 Å². The zero-order chi connectivity index (χ0) is 34.1. The van der Waals surface area contributed by atoms with Gasteiger partial charge in [0.25, 0.3) is 0 Å². The first-order valence-corrected chi connectivity index (χ1v) is 15.0. The quantitative estimate of drug-likeness (QED) is 0.190. The highest BCUT2D eigenvalue weighted by atomic mass is 16.3. The van der Waals surface area contributed by atoms with Crippen LogP contribution in [0.25, 0.3) is 88.0 Å². The number of rotatable bonds is 4. The molecule has 0 bridgehead atoms. The molecule has 0 aliphatic heterocycles. The monoisotopic (exact) mass is 577 g/mol. The normalized spacial score (nSPS) is 13.1. The van der Waals surface area contributed by atoms with Crippen molar-refractivity contribution >= 4 is 43.5 Å². The van der Waals surface area contributed by atoms with Gasteiger partial charge < -0.3 is 4.42 Å². The number of hydrogen-bond donors (Lipinski definition) is 0. The van der Waals surface area contributed by atoms with Gasteiger partial charge in [-0.05, 0) is 84.3 Å². The molecule has 1 heteroatoms. The third-order valence-corrected chi connectivity index (χ3v) is 8.77. The molecule has 1 nitrogen and oxygen atoms in total. The van der Waals surface area contributed by atoms with Crippen LogP contribution in [0.3, 0.4) is 0 Å². The summed E-state index contributed by atoms with van der Waals surface area (Å²) in [5, 5.41) is 6.54. The molecule has 0 saturated heterocycles. The summed E-state index contributed by atoms with van der Waals surface area (Å²) in [5.41, 5.74) is 9.01. The lowest BCUT2D eigenvalue weighted by atomic mass is 9.84. The summed E-state index contributed by atoms with van der Waals surface area (Å²) in [6, 6.07) is 46.2. The van der Waals surface area contributed by atoms with Crippen LogP contribution in [0.15, 0.2) is 174 Å². The first kappa shape index (κ1) is 20.9. The topological polar surface area (TPSA) is 13.1 Å². The van der Waals surface area contributed by atoms with Crippen LogP contribution in [-0.4, -0.2) is 0 Å². The molecule has 9 rings (SSSR count). The van der Waals surface area contributed by atoms with Crippen LogP contribution in [0.2, 0.25) is 0 Å². The SMILES string of the molecule is [2H]c1c([2H])c([2H])c(-c2ccc(-c3c4ccccc4c(-c4cccc5oc6ccc(-c7ccccc7)cc6c45)c4ccccc34)cc2)c([2H])c1[2H]. The average Bonchev–Trinajstić information content (AvgIpc) is 3.54. The summed E-state index contributed by atoms with van der Waals surface area (Å²) >= 11 is 0. The summed E-state index contributed by atoms with van der Waals surface area (Å²) < 4.78 is 47.7. The van der Waals surface area contributed by atoms with Gasteiger partial charge in [-0.25, -0.2) is 0 Å². The van der Waals surface area contributed by atoms with Gasteiger partial charge in [-0.15, -0.1) is 0 Å². The average molecular weight is 578 g/mol. The van der Waals surface area contributed by atoms with E-state index in [0.29, 0.717) is 5.56 Å². The van der Waals surface area contributed by atoms with Gasteiger partial charge >= 0.3 is 0 Å². The second-order valence-corrected chi connectivity index (χ2v) is 11.3. The zero-order valence-corrected chi connectivity index (χ0v) is 24.2. The fraction of sp³-hybridized carbons (Fsp3) is 0. The number of benzene rings is 8. The maximum atomic E-state index is 8.48. The van der Waals surface area contributed by atoms with Crippen molar-refractivity contribution in [1.82, 2.24) is 0 Å². The molecular formula is C44H28O. The lowest BCUT2D eigenvalue weighted by Gasteiger charge is -2.18. The molecule has 0 atom stereocenters. The molecular weight excluding hydrogens is 544 g/mol. The van der Waals surface area contributed by atoms with Crippen LogP contribution in [-0.2, 0) is 0 Å². The predicted octanol–water partition coefficient (Wildman–Crippen LogP) is 12.6. The van der Waals surface area contributed by atoms with Crippen LogP contribution >= 0.6 is 0 Å². The van der Waals surface area contributed by atoms with Crippen LogP contribution in [0.1, 0.15) is 6.85 Å². The third-order valence-electron chi connectivity index (χ3n) is 8.77. The first-order chi connectivity index (χ1) is 24.4. The molecule has 0 aliphatic carbocycles. The fourth-order valence-corrected chi connectivity index (χ4v) is 6.77. The molecule has 0 amide bonds. The molecule has 1 aromatic heterocycles. The maximum Gasteiger partial charge on any atom is 0.136 e. The second kappa shape index (κ2) is 10.4. The van der Waals surface area contributed by atoms with E-state index in [2.05, 4.69) is 103 Å². The highest BCUT2D eigenvalue weighted by Crippen LogP contribution is 2.47. The zero-order valence-electron chi connectivity index (χ0n) is 29.2. The fourth-order valence-electron chi connectivity index (χ4n) is 6.77. The maximum absolute atomic E-state index is 8.48. The Bertz CT molecular complexity index is 2720. The Morgan fingerprint density at radius 1 is 0.378 bits per heavy atom. The molecule has 0 saturated carbocycles. The van der Waals surface area contributed by atoms with Crippen molar-refractivity contribution in [3.05, 3.63) is 170 Å². The van der Waals surface area contributed by atoms with E-state index in [-0.39, 0.29) is 29.7 Å². The summed E-state index contributed by atoms with van der Waals surface area (Å²) in [6.45, 7) is 0. The molecule has 0 N–H and O–H groups in total. The van der Waals surface area contributed by atoms with Gasteiger partial charge in [-0.3, -0.25) is 0 Å². The molecule has 0 aliphatic rings.